The molecule has 1 aromatic rings. The van der Waals surface area contributed by atoms with E-state index in [1.807, 2.05) is 18.2 Å². The first-order valence-corrected chi connectivity index (χ1v) is 9.96. The summed E-state index contributed by atoms with van der Waals surface area (Å²) >= 11 is 0. The van der Waals surface area contributed by atoms with Crippen molar-refractivity contribution in [2.24, 2.45) is 0 Å². The number of carbonyl (C=O) groups is 2. The van der Waals surface area contributed by atoms with Crippen molar-refractivity contribution in [3.63, 3.8) is 0 Å². The van der Waals surface area contributed by atoms with Crippen molar-refractivity contribution in [2.75, 3.05) is 13.2 Å². The van der Waals surface area contributed by atoms with Crippen molar-refractivity contribution in [3.05, 3.63) is 54.1 Å². The lowest BCUT2D eigenvalue weighted by molar-refractivity contribution is -0.139. The molecule has 0 bridgehead atoms. The maximum absolute atomic E-state index is 11.5. The van der Waals surface area contributed by atoms with E-state index in [-0.39, 0.29) is 17.9 Å². The van der Waals surface area contributed by atoms with Crippen LogP contribution in [0.2, 0.25) is 0 Å². The van der Waals surface area contributed by atoms with Gasteiger partial charge in [-0.05, 0) is 57.1 Å². The Hall–Kier alpha value is -2.34. The van der Waals surface area contributed by atoms with Crippen LogP contribution in [0.3, 0.4) is 0 Å². The molecule has 0 heterocycles. The van der Waals surface area contributed by atoms with E-state index >= 15 is 0 Å². The zero-order valence-corrected chi connectivity index (χ0v) is 18.6. The fourth-order valence-electron chi connectivity index (χ4n) is 2.69. The lowest BCUT2D eigenvalue weighted by Crippen LogP contribution is -2.10. The van der Waals surface area contributed by atoms with E-state index < -0.39 is 0 Å². The molecule has 27 heavy (non-hydrogen) atoms. The van der Waals surface area contributed by atoms with Gasteiger partial charge in [-0.25, -0.2) is 9.59 Å². The highest BCUT2D eigenvalue weighted by atomic mass is 28.2. The molecule has 0 aromatic heterocycles. The summed E-state index contributed by atoms with van der Waals surface area (Å²) in [6, 6.07) is 7.99. The van der Waals surface area contributed by atoms with Crippen molar-refractivity contribution in [3.8, 4) is 5.75 Å². The van der Waals surface area contributed by atoms with Crippen LogP contribution in [0.5, 0.6) is 5.75 Å². The summed E-state index contributed by atoms with van der Waals surface area (Å²) in [5, 5.41) is 0. The monoisotopic (exact) mass is 390 g/mol. The van der Waals surface area contributed by atoms with E-state index in [0.717, 1.165) is 37.0 Å². The first-order chi connectivity index (χ1) is 12.9. The Morgan fingerprint density at radius 1 is 0.963 bits per heavy atom. The molecule has 0 N–H and O–H groups in total. The van der Waals surface area contributed by atoms with Crippen LogP contribution < -0.4 is 4.43 Å². The number of hydrogen-bond acceptors (Lipinski definition) is 5. The molecule has 0 radical (unpaired) electrons. The molecule has 0 atom stereocenters. The van der Waals surface area contributed by atoms with Gasteiger partial charge in [0.1, 0.15) is 5.75 Å². The van der Waals surface area contributed by atoms with Gasteiger partial charge in [0.2, 0.25) is 10.5 Å². The van der Waals surface area contributed by atoms with Crippen LogP contribution in [0.25, 0.3) is 0 Å². The Balaban J connectivity index is 2.64. The minimum absolute atomic E-state index is 0.238. The Labute approximate surface area is 164 Å². The van der Waals surface area contributed by atoms with E-state index in [4.69, 9.17) is 13.9 Å². The first kappa shape index (κ1) is 22.7. The minimum atomic E-state index is -0.360. The number of hydrogen-bond donors (Lipinski definition) is 0. The number of benzene rings is 1. The van der Waals surface area contributed by atoms with E-state index in [9.17, 15) is 9.59 Å². The Bertz CT molecular complexity index is 634. The molecule has 5 nitrogen and oxygen atoms in total. The van der Waals surface area contributed by atoms with Gasteiger partial charge in [-0.15, -0.1) is 0 Å². The SMILES string of the molecule is C=C(C)C(=O)OCCCC(CCCOC(=O)C(=C)C)c1ccccc1O[SiH3]. The lowest BCUT2D eigenvalue weighted by atomic mass is 9.89. The highest BCUT2D eigenvalue weighted by molar-refractivity contribution is 6.00. The maximum Gasteiger partial charge on any atom is 0.333 e. The van der Waals surface area contributed by atoms with Crippen molar-refractivity contribution < 1.29 is 23.5 Å². The molecule has 0 amide bonds. The molecule has 0 saturated heterocycles. The Morgan fingerprint density at radius 2 is 1.44 bits per heavy atom. The van der Waals surface area contributed by atoms with Crippen LogP contribution in [0, 0.1) is 0 Å². The Kier molecular flexibility index (Phi) is 10.2. The smallest absolute Gasteiger partial charge is 0.333 e. The number of esters is 2. The highest BCUT2D eigenvalue weighted by Crippen LogP contribution is 2.33. The second-order valence-electron chi connectivity index (χ2n) is 6.56. The van der Waals surface area contributed by atoms with Gasteiger partial charge in [-0.3, -0.25) is 0 Å². The summed E-state index contributed by atoms with van der Waals surface area (Å²) in [7, 11) is 0.615. The third kappa shape index (κ3) is 8.26. The van der Waals surface area contributed by atoms with Crippen LogP contribution >= 0.6 is 0 Å². The highest BCUT2D eigenvalue weighted by Gasteiger charge is 2.16. The third-order valence-corrected chi connectivity index (χ3v) is 4.58. The van der Waals surface area contributed by atoms with Crippen molar-refractivity contribution in [1.82, 2.24) is 0 Å². The normalized spacial score (nSPS) is 10.5. The summed E-state index contributed by atoms with van der Waals surface area (Å²) in [5.41, 5.74) is 1.95. The molecule has 0 aliphatic carbocycles. The lowest BCUT2D eigenvalue weighted by Gasteiger charge is -2.20. The Morgan fingerprint density at radius 3 is 1.89 bits per heavy atom. The summed E-state index contributed by atoms with van der Waals surface area (Å²) in [6.45, 7) is 11.1. The minimum Gasteiger partial charge on any atom is -0.553 e. The van der Waals surface area contributed by atoms with Crippen molar-refractivity contribution in [2.45, 2.75) is 45.4 Å². The molecule has 0 aliphatic heterocycles. The summed E-state index contributed by atoms with van der Waals surface area (Å²) < 4.78 is 16.0. The average molecular weight is 391 g/mol. The number of rotatable bonds is 12. The quantitative estimate of drug-likeness (QED) is 0.237. The van der Waals surface area contributed by atoms with Gasteiger partial charge in [-0.2, -0.15) is 0 Å². The van der Waals surface area contributed by atoms with Gasteiger partial charge >= 0.3 is 11.9 Å². The molecule has 0 saturated carbocycles. The molecule has 0 spiro atoms. The zero-order valence-electron chi connectivity index (χ0n) is 16.6. The second kappa shape index (κ2) is 12.1. The van der Waals surface area contributed by atoms with E-state index in [2.05, 4.69) is 19.2 Å². The molecular formula is C21H30O5Si. The molecule has 0 unspecified atom stereocenters. The molecular weight excluding hydrogens is 360 g/mol. The van der Waals surface area contributed by atoms with Crippen LogP contribution in [0.4, 0.5) is 0 Å². The van der Waals surface area contributed by atoms with E-state index in [1.165, 1.54) is 0 Å². The second-order valence-corrected chi connectivity index (χ2v) is 6.96. The van der Waals surface area contributed by atoms with Crippen LogP contribution in [-0.4, -0.2) is 35.6 Å². The summed E-state index contributed by atoms with van der Waals surface area (Å²) in [5.74, 6) is 0.414. The van der Waals surface area contributed by atoms with Gasteiger partial charge < -0.3 is 13.9 Å². The first-order valence-electron chi connectivity index (χ1n) is 9.15. The van der Waals surface area contributed by atoms with E-state index in [1.54, 1.807) is 13.8 Å². The largest absolute Gasteiger partial charge is 0.553 e. The standard InChI is InChI=1S/C21H30O5Si/c1-15(2)20(22)24-13-7-9-17(10-8-14-25-21(23)16(3)4)18-11-5-6-12-19(18)26-27/h5-6,11-12,17H,1,3,7-10,13-14H2,2,4,27H3. The predicted octanol–water partition coefficient (Wildman–Crippen LogP) is 3.23. The molecule has 6 heteroatoms. The fourth-order valence-corrected chi connectivity index (χ4v) is 3.07. The molecule has 0 fully saturated rings. The van der Waals surface area contributed by atoms with Gasteiger partial charge in [0.15, 0.2) is 0 Å². The zero-order chi connectivity index (χ0) is 20.2. The van der Waals surface area contributed by atoms with Gasteiger partial charge in [-0.1, -0.05) is 31.4 Å². The molecule has 1 aromatic carbocycles. The van der Waals surface area contributed by atoms with Crippen molar-refractivity contribution in [1.29, 1.82) is 0 Å². The fraction of sp³-hybridized carbons (Fsp3) is 0.429. The third-order valence-electron chi connectivity index (χ3n) is 4.14. The average Bonchev–Trinajstić information content (AvgIpc) is 2.65. The van der Waals surface area contributed by atoms with Crippen LogP contribution in [0.1, 0.15) is 51.0 Å². The number of para-hydroxylation sites is 1. The topological polar surface area (TPSA) is 61.8 Å². The molecule has 1 rings (SSSR count). The van der Waals surface area contributed by atoms with Crippen LogP contribution in [-0.2, 0) is 19.1 Å². The van der Waals surface area contributed by atoms with Gasteiger partial charge in [0.05, 0.1) is 13.2 Å². The molecule has 0 aliphatic rings. The van der Waals surface area contributed by atoms with Gasteiger partial charge in [0.25, 0.3) is 0 Å². The predicted molar refractivity (Wildman–Crippen MR) is 110 cm³/mol. The summed E-state index contributed by atoms with van der Waals surface area (Å²) in [4.78, 5) is 23.0. The maximum atomic E-state index is 11.5. The number of carbonyl (C=O) groups excluding carboxylic acids is 2. The molecule has 148 valence electrons. The van der Waals surface area contributed by atoms with Crippen LogP contribution in [0.15, 0.2) is 48.6 Å². The van der Waals surface area contributed by atoms with Crippen molar-refractivity contribution >= 4 is 22.4 Å². The number of ether oxygens (including phenoxy) is 2. The van der Waals surface area contributed by atoms with E-state index in [0.29, 0.717) is 34.8 Å². The summed E-state index contributed by atoms with van der Waals surface area (Å²) in [6.07, 6.45) is 3.18. The van der Waals surface area contributed by atoms with Gasteiger partial charge in [0, 0.05) is 11.1 Å².